The molecule has 1 aromatic carbocycles. The van der Waals surface area contributed by atoms with Crippen molar-refractivity contribution in [2.75, 3.05) is 13.1 Å². The van der Waals surface area contributed by atoms with E-state index in [2.05, 4.69) is 9.88 Å². The molecule has 1 N–H and O–H groups in total. The first-order valence-corrected chi connectivity index (χ1v) is 11.4. The predicted molar refractivity (Wildman–Crippen MR) is 116 cm³/mol. The number of rotatable bonds is 4. The molecule has 5 rings (SSSR count). The van der Waals surface area contributed by atoms with E-state index in [-0.39, 0.29) is 23.3 Å². The molecule has 6 nitrogen and oxygen atoms in total. The van der Waals surface area contributed by atoms with Crippen molar-refractivity contribution in [3.8, 4) is 0 Å². The van der Waals surface area contributed by atoms with Crippen molar-refractivity contribution >= 4 is 17.2 Å². The quantitative estimate of drug-likeness (QED) is 0.677. The second kappa shape index (κ2) is 8.36. The van der Waals surface area contributed by atoms with E-state index in [1.807, 2.05) is 28.5 Å². The third kappa shape index (κ3) is 3.93. The van der Waals surface area contributed by atoms with Crippen molar-refractivity contribution in [1.82, 2.24) is 19.8 Å². The molecule has 3 aromatic rings. The summed E-state index contributed by atoms with van der Waals surface area (Å²) in [6.07, 6.45) is 2.31. The molecule has 2 aliphatic rings. The zero-order chi connectivity index (χ0) is 21.4. The average molecular weight is 439 g/mol. The Balaban J connectivity index is 1.37. The van der Waals surface area contributed by atoms with E-state index in [1.54, 1.807) is 12.1 Å². The second-order valence-corrected chi connectivity index (χ2v) is 9.01. The summed E-state index contributed by atoms with van der Waals surface area (Å²) in [5.41, 5.74) is 1.90. The molecule has 1 saturated heterocycles. The van der Waals surface area contributed by atoms with E-state index in [1.165, 1.54) is 17.4 Å². The molecule has 0 bridgehead atoms. The van der Waals surface area contributed by atoms with Gasteiger partial charge in [0.2, 0.25) is 0 Å². The van der Waals surface area contributed by atoms with Crippen LogP contribution in [0.2, 0.25) is 0 Å². The van der Waals surface area contributed by atoms with Gasteiger partial charge in [-0.2, -0.15) is 0 Å². The van der Waals surface area contributed by atoms with Gasteiger partial charge < -0.3 is 9.88 Å². The number of carbonyl (C=O) groups excluding carboxylic acids is 1. The van der Waals surface area contributed by atoms with E-state index in [9.17, 15) is 14.0 Å². The smallest absolute Gasteiger partial charge is 0.264 e. The highest BCUT2D eigenvalue weighted by atomic mass is 32.1. The lowest BCUT2D eigenvalue weighted by molar-refractivity contribution is 0.0734. The molecule has 0 saturated carbocycles. The molecule has 2 aliphatic heterocycles. The van der Waals surface area contributed by atoms with Gasteiger partial charge in [0.05, 0.1) is 22.2 Å². The number of hydrogen-bond acceptors (Lipinski definition) is 5. The molecule has 8 heteroatoms. The zero-order valence-electron chi connectivity index (χ0n) is 17.0. The minimum Gasteiger partial charge on any atom is -0.328 e. The van der Waals surface area contributed by atoms with Crippen LogP contribution in [0.15, 0.2) is 46.6 Å². The van der Waals surface area contributed by atoms with Crippen molar-refractivity contribution in [1.29, 1.82) is 0 Å². The number of amides is 1. The first kappa shape index (κ1) is 20.1. The number of benzene rings is 1. The van der Waals surface area contributed by atoms with Crippen LogP contribution in [0.4, 0.5) is 4.39 Å². The fourth-order valence-corrected chi connectivity index (χ4v) is 5.18. The largest absolute Gasteiger partial charge is 0.328 e. The lowest BCUT2D eigenvalue weighted by Crippen LogP contribution is -2.37. The van der Waals surface area contributed by atoms with Crippen molar-refractivity contribution in [3.05, 3.63) is 85.5 Å². The van der Waals surface area contributed by atoms with Gasteiger partial charge in [-0.15, -0.1) is 11.3 Å². The number of nitrogens with zero attached hydrogens (tertiary/aromatic N) is 3. The summed E-state index contributed by atoms with van der Waals surface area (Å²) in [7, 11) is 0. The number of thiophene rings is 1. The maximum Gasteiger partial charge on any atom is 0.264 e. The van der Waals surface area contributed by atoms with Gasteiger partial charge in [-0.05, 0) is 30.4 Å². The number of H-pyrrole nitrogens is 1. The Morgan fingerprint density at radius 2 is 2.10 bits per heavy atom. The Labute approximate surface area is 183 Å². The SMILES string of the molecule is O=C(c1cccs1)N1CCC[C@@H]1c1nc2c(c(=O)[nH]1)CN(Cc1ccccc1F)CC2. The van der Waals surface area contributed by atoms with Crippen molar-refractivity contribution in [2.24, 2.45) is 0 Å². The topological polar surface area (TPSA) is 69.3 Å². The Hall–Kier alpha value is -2.84. The highest BCUT2D eigenvalue weighted by Gasteiger charge is 2.34. The van der Waals surface area contributed by atoms with Crippen LogP contribution in [0, 0.1) is 5.82 Å². The third-order valence-corrected chi connectivity index (χ3v) is 6.94. The minimum absolute atomic E-state index is 0.00562. The number of carbonyl (C=O) groups is 1. The minimum atomic E-state index is -0.229. The first-order valence-electron chi connectivity index (χ1n) is 10.5. The van der Waals surface area contributed by atoms with Gasteiger partial charge in [0.1, 0.15) is 11.6 Å². The molecule has 1 fully saturated rings. The Bertz CT molecular complexity index is 1160. The van der Waals surface area contributed by atoms with Gasteiger partial charge in [0.15, 0.2) is 0 Å². The van der Waals surface area contributed by atoms with Crippen LogP contribution in [-0.4, -0.2) is 38.8 Å². The van der Waals surface area contributed by atoms with E-state index < -0.39 is 0 Å². The standard InChI is InChI=1S/C23H23FN4O2S/c24-17-6-2-1-5-15(17)13-27-11-9-18-16(14-27)22(29)26-21(25-18)19-7-3-10-28(19)23(30)20-8-4-12-31-20/h1-2,4-6,8,12,19H,3,7,9-11,13-14H2,(H,25,26,29)/t19-/m1/s1. The molecule has 0 unspecified atom stereocenters. The number of nitrogens with one attached hydrogen (secondary N) is 1. The van der Waals surface area contributed by atoms with Crippen LogP contribution >= 0.6 is 11.3 Å². The number of aromatic amines is 1. The summed E-state index contributed by atoms with van der Waals surface area (Å²) >= 11 is 1.43. The first-order chi connectivity index (χ1) is 15.1. The van der Waals surface area contributed by atoms with E-state index in [0.29, 0.717) is 54.4 Å². The molecule has 1 atom stereocenters. The van der Waals surface area contributed by atoms with Crippen molar-refractivity contribution in [2.45, 2.75) is 38.4 Å². The van der Waals surface area contributed by atoms with Crippen LogP contribution in [0.5, 0.6) is 0 Å². The van der Waals surface area contributed by atoms with E-state index in [0.717, 1.165) is 18.5 Å². The summed E-state index contributed by atoms with van der Waals surface area (Å²) in [6, 6.07) is 10.2. The molecule has 0 radical (unpaired) electrons. The predicted octanol–water partition coefficient (Wildman–Crippen LogP) is 3.51. The van der Waals surface area contributed by atoms with Crippen LogP contribution in [0.1, 0.15) is 51.2 Å². The molecule has 1 amide bonds. The lowest BCUT2D eigenvalue weighted by Gasteiger charge is -2.29. The molecule has 31 heavy (non-hydrogen) atoms. The average Bonchev–Trinajstić information content (AvgIpc) is 3.48. The fourth-order valence-electron chi connectivity index (χ4n) is 4.50. The molecular formula is C23H23FN4O2S. The number of fused-ring (bicyclic) bond motifs is 1. The highest BCUT2D eigenvalue weighted by Crippen LogP contribution is 2.32. The lowest BCUT2D eigenvalue weighted by atomic mass is 10.0. The zero-order valence-corrected chi connectivity index (χ0v) is 17.8. The Kier molecular flexibility index (Phi) is 5.41. The summed E-state index contributed by atoms with van der Waals surface area (Å²) in [5, 5.41) is 1.89. The van der Waals surface area contributed by atoms with Gasteiger partial charge in [-0.1, -0.05) is 24.3 Å². The maximum atomic E-state index is 14.0. The highest BCUT2D eigenvalue weighted by molar-refractivity contribution is 7.12. The Morgan fingerprint density at radius 3 is 2.90 bits per heavy atom. The monoisotopic (exact) mass is 438 g/mol. The van der Waals surface area contributed by atoms with Crippen molar-refractivity contribution in [3.63, 3.8) is 0 Å². The normalized spacial score (nSPS) is 18.9. The van der Waals surface area contributed by atoms with E-state index >= 15 is 0 Å². The summed E-state index contributed by atoms with van der Waals surface area (Å²) in [4.78, 5) is 38.1. The fraction of sp³-hybridized carbons (Fsp3) is 0.348. The number of hydrogen-bond donors (Lipinski definition) is 1. The van der Waals surface area contributed by atoms with Crippen LogP contribution < -0.4 is 5.56 Å². The van der Waals surface area contributed by atoms with Gasteiger partial charge >= 0.3 is 0 Å². The molecular weight excluding hydrogens is 415 g/mol. The molecule has 4 heterocycles. The Morgan fingerprint density at radius 1 is 1.23 bits per heavy atom. The summed E-state index contributed by atoms with van der Waals surface area (Å²) in [5.74, 6) is 0.343. The second-order valence-electron chi connectivity index (χ2n) is 8.06. The number of likely N-dealkylation sites (tertiary alicyclic amines) is 1. The van der Waals surface area contributed by atoms with E-state index in [4.69, 9.17) is 4.98 Å². The van der Waals surface area contributed by atoms with Crippen molar-refractivity contribution < 1.29 is 9.18 Å². The van der Waals surface area contributed by atoms with Gasteiger partial charge in [0, 0.05) is 38.2 Å². The summed E-state index contributed by atoms with van der Waals surface area (Å²) in [6.45, 7) is 2.27. The van der Waals surface area contributed by atoms with Crippen LogP contribution in [0.3, 0.4) is 0 Å². The maximum absolute atomic E-state index is 14.0. The van der Waals surface area contributed by atoms with Gasteiger partial charge in [0.25, 0.3) is 11.5 Å². The van der Waals surface area contributed by atoms with Gasteiger partial charge in [-0.3, -0.25) is 14.5 Å². The van der Waals surface area contributed by atoms with Crippen LogP contribution in [0.25, 0.3) is 0 Å². The molecule has 2 aromatic heterocycles. The third-order valence-electron chi connectivity index (χ3n) is 6.08. The molecule has 0 aliphatic carbocycles. The summed E-state index contributed by atoms with van der Waals surface area (Å²) < 4.78 is 14.0. The molecule has 160 valence electrons. The number of aromatic nitrogens is 2. The van der Waals surface area contributed by atoms with Crippen LogP contribution in [-0.2, 0) is 19.5 Å². The molecule has 0 spiro atoms. The van der Waals surface area contributed by atoms with Gasteiger partial charge in [-0.25, -0.2) is 9.37 Å². The number of halogens is 1.